The molecule has 3 rings (SSSR count). The fourth-order valence-corrected chi connectivity index (χ4v) is 3.48. The number of aliphatic hydroxyl groups is 4. The van der Waals surface area contributed by atoms with Crippen molar-refractivity contribution in [1.29, 1.82) is 0 Å². The van der Waals surface area contributed by atoms with Gasteiger partial charge in [0.05, 0.1) is 13.0 Å². The molecular weight excluding hydrogens is 456 g/mol. The Hall–Kier alpha value is -2.74. The molecule has 0 aliphatic carbocycles. The van der Waals surface area contributed by atoms with Crippen molar-refractivity contribution >= 4 is 18.0 Å². The molecule has 12 heteroatoms. The van der Waals surface area contributed by atoms with E-state index in [0.29, 0.717) is 5.56 Å². The van der Waals surface area contributed by atoms with Gasteiger partial charge in [-0.05, 0) is 23.8 Å². The molecule has 6 N–H and O–H groups in total. The number of phenols is 2. The molecule has 0 aromatic heterocycles. The van der Waals surface area contributed by atoms with E-state index in [2.05, 4.69) is 0 Å². The number of ether oxygens (including phenoxy) is 4. The molecule has 34 heavy (non-hydrogen) atoms. The van der Waals surface area contributed by atoms with Crippen LogP contribution in [0.4, 0.5) is 0 Å². The largest absolute Gasteiger partial charge is 0.504 e. The van der Waals surface area contributed by atoms with E-state index in [1.54, 1.807) is 6.92 Å². The molecule has 0 unspecified atom stereocenters. The number of hydrogen-bond donors (Lipinski definition) is 6. The molecule has 188 valence electrons. The molecule has 0 bridgehead atoms. The second kappa shape index (κ2) is 10.7. The van der Waals surface area contributed by atoms with Gasteiger partial charge in [0.1, 0.15) is 43.2 Å². The highest BCUT2D eigenvalue weighted by Crippen LogP contribution is 2.30. The summed E-state index contributed by atoms with van der Waals surface area (Å²) in [6.07, 6.45) is -5.32. The molecule has 0 radical (unpaired) electrons. The van der Waals surface area contributed by atoms with Gasteiger partial charge in [-0.25, -0.2) is 4.79 Å². The third-order valence-corrected chi connectivity index (χ3v) is 5.83. The summed E-state index contributed by atoms with van der Waals surface area (Å²) in [6.45, 7) is 0.784. The maximum Gasteiger partial charge on any atom is 0.330 e. The van der Waals surface area contributed by atoms with Crippen molar-refractivity contribution in [2.24, 2.45) is 5.92 Å². The van der Waals surface area contributed by atoms with Crippen LogP contribution < -0.4 is 0 Å². The molecule has 0 spiro atoms. The summed E-state index contributed by atoms with van der Waals surface area (Å²) in [4.78, 5) is 23.3. The topological polar surface area (TPSA) is 192 Å². The Labute approximate surface area is 194 Å². The zero-order valence-corrected chi connectivity index (χ0v) is 18.3. The van der Waals surface area contributed by atoms with Gasteiger partial charge in [0.15, 0.2) is 17.8 Å². The van der Waals surface area contributed by atoms with Crippen LogP contribution in [-0.2, 0) is 28.5 Å². The van der Waals surface area contributed by atoms with Gasteiger partial charge < -0.3 is 49.6 Å². The van der Waals surface area contributed by atoms with Crippen molar-refractivity contribution in [3.63, 3.8) is 0 Å². The zero-order valence-electron chi connectivity index (χ0n) is 18.3. The highest BCUT2D eigenvalue weighted by molar-refractivity contribution is 5.87. The summed E-state index contributed by atoms with van der Waals surface area (Å²) < 4.78 is 20.8. The van der Waals surface area contributed by atoms with Crippen LogP contribution in [0.1, 0.15) is 18.9 Å². The first kappa shape index (κ1) is 25.9. The van der Waals surface area contributed by atoms with Gasteiger partial charge >= 0.3 is 11.9 Å². The van der Waals surface area contributed by atoms with Crippen molar-refractivity contribution in [3.8, 4) is 11.5 Å². The number of aliphatic hydroxyl groups excluding tert-OH is 3. The SMILES string of the molecule is C[C@@H](CO[C@H]1O[C@H](COC(=O)C=Cc2ccc(O)c(O)c2)[C@@H](O)[C@H](O)[C@H]1O)[C@@]1(O)COC(=O)C1. The fourth-order valence-electron chi connectivity index (χ4n) is 3.48. The monoisotopic (exact) mass is 484 g/mol. The van der Waals surface area contributed by atoms with Gasteiger partial charge in [-0.3, -0.25) is 4.79 Å². The smallest absolute Gasteiger partial charge is 0.330 e. The Kier molecular flexibility index (Phi) is 8.13. The lowest BCUT2D eigenvalue weighted by Gasteiger charge is -2.40. The van der Waals surface area contributed by atoms with Crippen LogP contribution in [0.2, 0.25) is 0 Å². The Bertz CT molecular complexity index is 917. The molecule has 2 heterocycles. The zero-order chi connectivity index (χ0) is 25.0. The number of cyclic esters (lactones) is 1. The van der Waals surface area contributed by atoms with Gasteiger partial charge in [0, 0.05) is 12.0 Å². The minimum absolute atomic E-state index is 0.160. The summed E-state index contributed by atoms with van der Waals surface area (Å²) in [6, 6.07) is 3.94. The highest BCUT2D eigenvalue weighted by Gasteiger charge is 2.47. The Morgan fingerprint density at radius 1 is 1.21 bits per heavy atom. The lowest BCUT2D eigenvalue weighted by Crippen LogP contribution is -2.59. The number of rotatable bonds is 8. The number of benzene rings is 1. The fraction of sp³-hybridized carbons (Fsp3) is 0.545. The van der Waals surface area contributed by atoms with Gasteiger partial charge in [-0.15, -0.1) is 0 Å². The first-order valence-electron chi connectivity index (χ1n) is 10.6. The van der Waals surface area contributed by atoms with Crippen molar-refractivity contribution in [2.75, 3.05) is 19.8 Å². The summed E-state index contributed by atoms with van der Waals surface area (Å²) in [5, 5.41) is 59.7. The van der Waals surface area contributed by atoms with Crippen LogP contribution in [0.5, 0.6) is 11.5 Å². The Morgan fingerprint density at radius 3 is 2.59 bits per heavy atom. The third kappa shape index (κ3) is 6.03. The summed E-state index contributed by atoms with van der Waals surface area (Å²) in [5.74, 6) is -2.61. The quantitative estimate of drug-likeness (QED) is 0.147. The van der Waals surface area contributed by atoms with E-state index >= 15 is 0 Å². The van der Waals surface area contributed by atoms with E-state index in [4.69, 9.17) is 18.9 Å². The van der Waals surface area contributed by atoms with E-state index in [-0.39, 0.29) is 31.1 Å². The molecule has 1 aromatic rings. The third-order valence-electron chi connectivity index (χ3n) is 5.83. The summed E-state index contributed by atoms with van der Waals surface area (Å²) >= 11 is 0. The van der Waals surface area contributed by atoms with E-state index in [1.807, 2.05) is 0 Å². The molecule has 0 amide bonds. The van der Waals surface area contributed by atoms with E-state index in [1.165, 1.54) is 24.3 Å². The first-order valence-corrected chi connectivity index (χ1v) is 10.6. The van der Waals surface area contributed by atoms with Gasteiger partial charge in [0.2, 0.25) is 0 Å². The van der Waals surface area contributed by atoms with Crippen molar-refractivity contribution in [2.45, 2.75) is 49.7 Å². The van der Waals surface area contributed by atoms with Crippen LogP contribution in [0.25, 0.3) is 6.08 Å². The van der Waals surface area contributed by atoms with Crippen molar-refractivity contribution in [3.05, 3.63) is 29.8 Å². The molecule has 1 aromatic carbocycles. The number of phenolic OH excluding ortho intramolecular Hbond substituents is 2. The molecule has 7 atom stereocenters. The average molecular weight is 484 g/mol. The summed E-state index contributed by atoms with van der Waals surface area (Å²) in [5.41, 5.74) is -1.02. The minimum atomic E-state index is -1.66. The van der Waals surface area contributed by atoms with Crippen molar-refractivity contribution in [1.82, 2.24) is 0 Å². The number of carbonyl (C=O) groups excluding carboxylic acids is 2. The Balaban J connectivity index is 1.53. The normalized spacial score (nSPS) is 32.5. The average Bonchev–Trinajstić information content (AvgIpc) is 3.16. The van der Waals surface area contributed by atoms with Crippen molar-refractivity contribution < 1.29 is 59.2 Å². The molecule has 2 aliphatic rings. The number of hydrogen-bond acceptors (Lipinski definition) is 12. The first-order chi connectivity index (χ1) is 16.0. The molecule has 2 saturated heterocycles. The standard InChI is InChI=1S/C22H28O12/c1-11(22(30)7-17(26)33-10-22)8-32-21-20(29)19(28)18(27)15(34-21)9-31-16(25)5-3-12-2-4-13(23)14(24)6-12/h2-6,11,15,18-21,23-24,27-30H,7-10H2,1H3/t11-,15+,18+,19-,20+,21-,22-/m0/s1. The van der Waals surface area contributed by atoms with Crippen LogP contribution in [0.15, 0.2) is 24.3 Å². The molecule has 12 nitrogen and oxygen atoms in total. The van der Waals surface area contributed by atoms with E-state index in [9.17, 15) is 40.2 Å². The van der Waals surface area contributed by atoms with Crippen LogP contribution in [-0.4, -0.2) is 98.7 Å². The van der Waals surface area contributed by atoms with Crippen LogP contribution in [0, 0.1) is 5.92 Å². The van der Waals surface area contributed by atoms with Gasteiger partial charge in [0.25, 0.3) is 0 Å². The highest BCUT2D eigenvalue weighted by atomic mass is 16.7. The molecule has 2 fully saturated rings. The second-order valence-electron chi connectivity index (χ2n) is 8.40. The predicted octanol–water partition coefficient (Wildman–Crippen LogP) is -1.21. The maximum absolute atomic E-state index is 12.0. The molecule has 0 saturated carbocycles. The Morgan fingerprint density at radius 2 is 1.94 bits per heavy atom. The van der Waals surface area contributed by atoms with Gasteiger partial charge in [-0.2, -0.15) is 0 Å². The summed E-state index contributed by atoms with van der Waals surface area (Å²) in [7, 11) is 0. The lowest BCUT2D eigenvalue weighted by atomic mass is 9.88. The minimum Gasteiger partial charge on any atom is -0.504 e. The van der Waals surface area contributed by atoms with E-state index < -0.39 is 60.8 Å². The lowest BCUT2D eigenvalue weighted by molar-refractivity contribution is -0.305. The van der Waals surface area contributed by atoms with Crippen LogP contribution in [0.3, 0.4) is 0 Å². The molecule has 2 aliphatic heterocycles. The predicted molar refractivity (Wildman–Crippen MR) is 112 cm³/mol. The van der Waals surface area contributed by atoms with E-state index in [0.717, 1.165) is 6.08 Å². The molecular formula is C22H28O12. The van der Waals surface area contributed by atoms with Crippen LogP contribution >= 0.6 is 0 Å². The number of esters is 2. The maximum atomic E-state index is 12.0. The number of carbonyl (C=O) groups is 2. The number of aromatic hydroxyl groups is 2. The van der Waals surface area contributed by atoms with Gasteiger partial charge in [-0.1, -0.05) is 13.0 Å². The second-order valence-corrected chi connectivity index (χ2v) is 8.40.